The second-order valence-electron chi connectivity index (χ2n) is 9.15. The highest BCUT2D eigenvalue weighted by Crippen LogP contribution is 2.33. The molecule has 1 saturated carbocycles. The van der Waals surface area contributed by atoms with Crippen molar-refractivity contribution in [2.24, 2.45) is 5.92 Å². The molecule has 182 valence electrons. The van der Waals surface area contributed by atoms with Crippen LogP contribution in [-0.2, 0) is 6.54 Å². The van der Waals surface area contributed by atoms with Crippen molar-refractivity contribution in [3.63, 3.8) is 0 Å². The zero-order valence-corrected chi connectivity index (χ0v) is 19.5. The Morgan fingerprint density at radius 3 is 2.51 bits per heavy atom. The molecule has 0 radical (unpaired) electrons. The van der Waals surface area contributed by atoms with Crippen molar-refractivity contribution < 1.29 is 8.78 Å². The summed E-state index contributed by atoms with van der Waals surface area (Å²) in [5.74, 6) is 0.166. The third kappa shape index (κ3) is 4.60. The number of rotatable bonds is 6. The molecule has 1 aliphatic rings. The van der Waals surface area contributed by atoms with Gasteiger partial charge < -0.3 is 16.8 Å². The van der Waals surface area contributed by atoms with Crippen LogP contribution in [0.4, 0.5) is 26.1 Å². The van der Waals surface area contributed by atoms with Crippen LogP contribution in [0.1, 0.15) is 44.6 Å². The highest BCUT2D eigenvalue weighted by molar-refractivity contribution is 5.90. The van der Waals surface area contributed by atoms with Crippen molar-refractivity contribution >= 4 is 28.4 Å². The van der Waals surface area contributed by atoms with Crippen molar-refractivity contribution in [1.82, 2.24) is 24.7 Å². The van der Waals surface area contributed by atoms with Gasteiger partial charge in [0.05, 0.1) is 18.1 Å². The zero-order chi connectivity index (χ0) is 24.5. The minimum Gasteiger partial charge on any atom is -0.382 e. The topological polar surface area (TPSA) is 121 Å². The summed E-state index contributed by atoms with van der Waals surface area (Å²) in [7, 11) is 0. The van der Waals surface area contributed by atoms with Gasteiger partial charge in [0.15, 0.2) is 23.1 Å². The van der Waals surface area contributed by atoms with Gasteiger partial charge in [0.2, 0.25) is 0 Å². The lowest BCUT2D eigenvalue weighted by Gasteiger charge is -2.29. The first-order valence-corrected chi connectivity index (χ1v) is 11.9. The Kier molecular flexibility index (Phi) is 6.19. The maximum absolute atomic E-state index is 14.3. The molecular formula is C25H28F2N8. The van der Waals surface area contributed by atoms with E-state index >= 15 is 0 Å². The minimum absolute atomic E-state index is 0.102. The Morgan fingerprint density at radius 1 is 1.09 bits per heavy atom. The highest BCUT2D eigenvalue weighted by Gasteiger charge is 2.24. The molecule has 1 aromatic carbocycles. The van der Waals surface area contributed by atoms with Crippen LogP contribution in [-0.4, -0.2) is 30.8 Å². The van der Waals surface area contributed by atoms with Crippen molar-refractivity contribution in [2.75, 3.05) is 16.8 Å². The number of hydrogen-bond donors (Lipinski definition) is 3. The van der Waals surface area contributed by atoms with Crippen LogP contribution in [0.15, 0.2) is 36.5 Å². The SMILES string of the molecule is CC(Nc1c(N)nc(-c2nn(Cc3ccccc3F)c3ncc(F)cc23)nc1N)C1CCCCC1. The van der Waals surface area contributed by atoms with E-state index in [2.05, 4.69) is 32.3 Å². The van der Waals surface area contributed by atoms with Gasteiger partial charge in [-0.3, -0.25) is 0 Å². The van der Waals surface area contributed by atoms with Gasteiger partial charge in [0.1, 0.15) is 23.0 Å². The second-order valence-corrected chi connectivity index (χ2v) is 9.15. The maximum atomic E-state index is 14.3. The molecule has 0 spiro atoms. The minimum atomic E-state index is -0.537. The first kappa shape index (κ1) is 22.9. The summed E-state index contributed by atoms with van der Waals surface area (Å²) in [4.78, 5) is 13.1. The normalized spacial score (nSPS) is 15.4. The van der Waals surface area contributed by atoms with Crippen molar-refractivity contribution in [2.45, 2.75) is 51.6 Å². The van der Waals surface area contributed by atoms with Crippen LogP contribution < -0.4 is 16.8 Å². The van der Waals surface area contributed by atoms with Crippen LogP contribution >= 0.6 is 0 Å². The van der Waals surface area contributed by atoms with Gasteiger partial charge in [-0.25, -0.2) is 28.4 Å². The smallest absolute Gasteiger partial charge is 0.184 e. The van der Waals surface area contributed by atoms with E-state index in [4.69, 9.17) is 11.5 Å². The summed E-state index contributed by atoms with van der Waals surface area (Å²) in [6, 6.07) is 7.86. The van der Waals surface area contributed by atoms with Crippen molar-refractivity contribution in [3.8, 4) is 11.5 Å². The van der Waals surface area contributed by atoms with Crippen LogP contribution in [0.5, 0.6) is 0 Å². The lowest BCUT2D eigenvalue weighted by Crippen LogP contribution is -2.28. The second kappa shape index (κ2) is 9.44. The quantitative estimate of drug-likeness (QED) is 0.365. The average molecular weight is 479 g/mol. The summed E-state index contributed by atoms with van der Waals surface area (Å²) in [6.07, 6.45) is 7.15. The molecule has 1 atom stereocenters. The highest BCUT2D eigenvalue weighted by atomic mass is 19.1. The van der Waals surface area contributed by atoms with E-state index in [1.54, 1.807) is 18.2 Å². The molecule has 0 saturated heterocycles. The lowest BCUT2D eigenvalue weighted by molar-refractivity contribution is 0.328. The first-order valence-electron chi connectivity index (χ1n) is 11.9. The predicted molar refractivity (Wildman–Crippen MR) is 132 cm³/mol. The number of aromatic nitrogens is 5. The maximum Gasteiger partial charge on any atom is 0.184 e. The largest absolute Gasteiger partial charge is 0.382 e. The van der Waals surface area contributed by atoms with Crippen LogP contribution in [0.3, 0.4) is 0 Å². The monoisotopic (exact) mass is 478 g/mol. The molecule has 3 heterocycles. The fourth-order valence-corrected chi connectivity index (χ4v) is 4.83. The number of pyridine rings is 1. The van der Waals surface area contributed by atoms with Crippen molar-refractivity contribution in [3.05, 3.63) is 53.7 Å². The van der Waals surface area contributed by atoms with E-state index < -0.39 is 5.82 Å². The molecule has 3 aromatic heterocycles. The van der Waals surface area contributed by atoms with Gasteiger partial charge in [0.25, 0.3) is 0 Å². The molecule has 5 N–H and O–H groups in total. The number of fused-ring (bicyclic) bond motifs is 1. The molecule has 10 heteroatoms. The fraction of sp³-hybridized carbons (Fsp3) is 0.360. The van der Waals surface area contributed by atoms with Gasteiger partial charge >= 0.3 is 0 Å². The summed E-state index contributed by atoms with van der Waals surface area (Å²) in [5, 5.41) is 8.34. The summed E-state index contributed by atoms with van der Waals surface area (Å²) in [6.45, 7) is 2.22. The number of anilines is 3. The number of halogens is 2. The van der Waals surface area contributed by atoms with Gasteiger partial charge in [-0.05, 0) is 37.8 Å². The Morgan fingerprint density at radius 2 is 1.80 bits per heavy atom. The Bertz CT molecular complexity index is 1340. The van der Waals surface area contributed by atoms with Crippen LogP contribution in [0.25, 0.3) is 22.6 Å². The number of hydrogen-bond acceptors (Lipinski definition) is 7. The molecule has 1 aliphatic carbocycles. The van der Waals surface area contributed by atoms with Gasteiger partial charge in [0, 0.05) is 11.6 Å². The molecule has 4 aromatic rings. The van der Waals surface area contributed by atoms with E-state index in [1.165, 1.54) is 36.1 Å². The Balaban J connectivity index is 1.51. The lowest BCUT2D eigenvalue weighted by atomic mass is 9.84. The zero-order valence-electron chi connectivity index (χ0n) is 19.5. The Labute approximate surface area is 201 Å². The van der Waals surface area contributed by atoms with Crippen molar-refractivity contribution in [1.29, 1.82) is 0 Å². The summed E-state index contributed by atoms with van der Waals surface area (Å²) < 4.78 is 29.9. The van der Waals surface area contributed by atoms with Gasteiger partial charge in [-0.15, -0.1) is 0 Å². The first-order chi connectivity index (χ1) is 16.9. The van der Waals surface area contributed by atoms with Crippen LogP contribution in [0.2, 0.25) is 0 Å². The number of nitrogens with zero attached hydrogens (tertiary/aromatic N) is 5. The molecule has 1 unspecified atom stereocenters. The fourth-order valence-electron chi connectivity index (χ4n) is 4.83. The molecule has 0 bridgehead atoms. The predicted octanol–water partition coefficient (Wildman–Crippen LogP) is 4.76. The van der Waals surface area contributed by atoms with Crippen LogP contribution in [0, 0.1) is 17.6 Å². The Hall–Kier alpha value is -3.82. The molecule has 1 fully saturated rings. The third-order valence-electron chi connectivity index (χ3n) is 6.74. The van der Waals surface area contributed by atoms with E-state index in [0.717, 1.165) is 19.0 Å². The van der Waals surface area contributed by atoms with E-state index in [-0.39, 0.29) is 41.6 Å². The number of nitrogen functional groups attached to an aromatic ring is 2. The number of nitrogens with two attached hydrogens (primary N) is 2. The number of benzene rings is 1. The molecule has 35 heavy (non-hydrogen) atoms. The van der Waals surface area contributed by atoms with E-state index in [0.29, 0.717) is 28.2 Å². The summed E-state index contributed by atoms with van der Waals surface area (Å²) in [5.41, 5.74) is 14.1. The standard InChI is InChI=1S/C25H28F2N8/c1-14(15-7-3-2-4-8-15)31-21-22(28)32-24(33-23(21)29)20-18-11-17(26)12-30-25(18)35(34-20)13-16-9-5-6-10-19(16)27/h5-6,9-12,14-15,31H,2-4,7-8,13H2,1H3,(H4,28,29,32,33). The molecule has 5 rings (SSSR count). The van der Waals surface area contributed by atoms with Gasteiger partial charge in [-0.1, -0.05) is 37.5 Å². The molecular weight excluding hydrogens is 450 g/mol. The van der Waals surface area contributed by atoms with E-state index in [1.807, 2.05) is 0 Å². The third-order valence-corrected chi connectivity index (χ3v) is 6.74. The number of nitrogens with one attached hydrogen (secondary N) is 1. The average Bonchev–Trinajstić information content (AvgIpc) is 3.20. The van der Waals surface area contributed by atoms with E-state index in [9.17, 15) is 8.78 Å². The molecule has 0 amide bonds. The summed E-state index contributed by atoms with van der Waals surface area (Å²) >= 11 is 0. The molecule has 0 aliphatic heterocycles. The molecule has 8 nitrogen and oxygen atoms in total. The van der Waals surface area contributed by atoms with Gasteiger partial charge in [-0.2, -0.15) is 5.10 Å².